The summed E-state index contributed by atoms with van der Waals surface area (Å²) in [7, 11) is 0. The van der Waals surface area contributed by atoms with Crippen LogP contribution in [0.25, 0.3) is 33.3 Å². The number of carbonyl (C=O) groups excluding carboxylic acids is 1. The molecule has 2 aromatic carbocycles. The van der Waals surface area contributed by atoms with Crippen LogP contribution in [-0.4, -0.2) is 29.3 Å². The number of ether oxygens (including phenoxy) is 2. The summed E-state index contributed by atoms with van der Waals surface area (Å²) in [6.45, 7) is 10.7. The number of benzene rings is 2. The van der Waals surface area contributed by atoms with Crippen LogP contribution in [0.5, 0.6) is 5.75 Å². The van der Waals surface area contributed by atoms with Gasteiger partial charge in [0, 0.05) is 16.5 Å². The SMILES string of the molecule is Cc1c(-c2cc(C(=O)[O-])c3c(OCC4CCC(C)(OC(C)C)CC4)ccc(C)c3n2)oc2ccccc12.[Na+]. The molecule has 0 atom stereocenters. The second-order valence-electron chi connectivity index (χ2n) is 10.9. The van der Waals surface area contributed by atoms with Crippen molar-refractivity contribution in [1.29, 1.82) is 0 Å². The molecule has 0 bridgehead atoms. The number of rotatable bonds is 7. The minimum Gasteiger partial charge on any atom is -0.545 e. The van der Waals surface area contributed by atoms with Crippen LogP contribution in [-0.2, 0) is 4.74 Å². The summed E-state index contributed by atoms with van der Waals surface area (Å²) in [4.78, 5) is 17.2. The molecular formula is C31H34NNaO5. The number of hydrogen-bond donors (Lipinski definition) is 0. The van der Waals surface area contributed by atoms with E-state index in [1.165, 1.54) is 0 Å². The zero-order valence-corrected chi connectivity index (χ0v) is 25.2. The van der Waals surface area contributed by atoms with Crippen LogP contribution in [0.4, 0.5) is 0 Å². The molecule has 1 aliphatic rings. The molecule has 0 aliphatic heterocycles. The summed E-state index contributed by atoms with van der Waals surface area (Å²) in [5, 5.41) is 13.8. The van der Waals surface area contributed by atoms with Crippen LogP contribution >= 0.6 is 0 Å². The maximum Gasteiger partial charge on any atom is 1.00 e. The first-order valence-electron chi connectivity index (χ1n) is 13.1. The Hall–Kier alpha value is -2.38. The standard InChI is InChI=1S/C31H35NO5.Na/c1-18(2)37-31(5)14-12-21(13-15-31)17-35-26-11-10-19(3)28-27(26)23(30(33)34)16-24(32-28)29-20(4)22-8-6-7-9-25(22)36-29;/h6-11,16,18,21H,12-15,17H2,1-5H3,(H,33,34);/q;+1/p-1. The molecule has 7 heteroatoms. The zero-order chi connectivity index (χ0) is 26.3. The van der Waals surface area contributed by atoms with Crippen LogP contribution in [0, 0.1) is 19.8 Å². The van der Waals surface area contributed by atoms with E-state index in [9.17, 15) is 9.90 Å². The second-order valence-corrected chi connectivity index (χ2v) is 10.9. The number of carbonyl (C=O) groups is 1. The number of hydrogen-bond acceptors (Lipinski definition) is 6. The molecule has 0 amide bonds. The van der Waals surface area contributed by atoms with Gasteiger partial charge in [-0.25, -0.2) is 4.98 Å². The number of nitrogens with zero attached hydrogens (tertiary/aromatic N) is 1. The summed E-state index contributed by atoms with van der Waals surface area (Å²) in [5.41, 5.74) is 3.54. The average molecular weight is 524 g/mol. The first kappa shape index (κ1) is 28.6. The molecule has 0 radical (unpaired) electrons. The van der Waals surface area contributed by atoms with Gasteiger partial charge in [-0.05, 0) is 90.0 Å². The zero-order valence-electron chi connectivity index (χ0n) is 23.2. The van der Waals surface area contributed by atoms with Crippen molar-refractivity contribution in [3.8, 4) is 17.2 Å². The van der Waals surface area contributed by atoms with Gasteiger partial charge in [0.1, 0.15) is 17.0 Å². The predicted octanol–water partition coefficient (Wildman–Crippen LogP) is 3.39. The number of pyridine rings is 1. The van der Waals surface area contributed by atoms with E-state index in [1.807, 2.05) is 50.2 Å². The first-order valence-corrected chi connectivity index (χ1v) is 13.1. The Labute approximate surface area is 246 Å². The van der Waals surface area contributed by atoms with Crippen molar-refractivity contribution in [1.82, 2.24) is 4.98 Å². The molecule has 1 saturated carbocycles. The maximum atomic E-state index is 12.3. The van der Waals surface area contributed by atoms with Crippen molar-refractivity contribution in [2.24, 2.45) is 5.92 Å². The summed E-state index contributed by atoms with van der Waals surface area (Å²) >= 11 is 0. The molecule has 38 heavy (non-hydrogen) atoms. The fraction of sp³-hybridized carbons (Fsp3) is 0.419. The Balaban J connectivity index is 0.00000336. The van der Waals surface area contributed by atoms with E-state index in [0.29, 0.717) is 40.6 Å². The van der Waals surface area contributed by atoms with Crippen molar-refractivity contribution >= 4 is 27.8 Å². The molecule has 1 aliphatic carbocycles. The third kappa shape index (κ3) is 5.64. The number of aromatic carboxylic acids is 1. The van der Waals surface area contributed by atoms with Gasteiger partial charge in [0.05, 0.1) is 35.2 Å². The summed E-state index contributed by atoms with van der Waals surface area (Å²) in [6.07, 6.45) is 4.20. The number of para-hydroxylation sites is 1. The number of fused-ring (bicyclic) bond motifs is 2. The molecule has 194 valence electrons. The number of furan rings is 1. The van der Waals surface area contributed by atoms with Crippen molar-refractivity contribution in [2.45, 2.75) is 72.0 Å². The van der Waals surface area contributed by atoms with E-state index in [-0.39, 0.29) is 46.8 Å². The quantitative estimate of drug-likeness (QED) is 0.346. The largest absolute Gasteiger partial charge is 1.00 e. The third-order valence-electron chi connectivity index (χ3n) is 7.58. The number of carboxylic acid groups (broad SMARTS) is 1. The molecule has 2 aromatic heterocycles. The van der Waals surface area contributed by atoms with E-state index >= 15 is 0 Å². The van der Waals surface area contributed by atoms with Gasteiger partial charge in [-0.2, -0.15) is 0 Å². The van der Waals surface area contributed by atoms with Crippen LogP contribution in [0.1, 0.15) is 67.9 Å². The van der Waals surface area contributed by atoms with E-state index < -0.39 is 5.97 Å². The van der Waals surface area contributed by atoms with E-state index in [1.54, 1.807) is 6.07 Å². The number of aryl methyl sites for hydroxylation is 2. The molecule has 0 saturated heterocycles. The van der Waals surface area contributed by atoms with Crippen LogP contribution in [0.2, 0.25) is 0 Å². The molecule has 4 aromatic rings. The van der Waals surface area contributed by atoms with Crippen LogP contribution < -0.4 is 39.4 Å². The number of aromatic nitrogens is 1. The topological polar surface area (TPSA) is 84.6 Å². The average Bonchev–Trinajstić information content (AvgIpc) is 3.20. The molecule has 1 fully saturated rings. The third-order valence-corrected chi connectivity index (χ3v) is 7.58. The van der Waals surface area contributed by atoms with Gasteiger partial charge >= 0.3 is 29.6 Å². The van der Waals surface area contributed by atoms with Gasteiger partial charge in [0.2, 0.25) is 0 Å². The Morgan fingerprint density at radius 2 is 1.87 bits per heavy atom. The molecule has 0 spiro atoms. The molecule has 5 rings (SSSR count). The van der Waals surface area contributed by atoms with Crippen molar-refractivity contribution in [2.75, 3.05) is 6.61 Å². The molecule has 6 nitrogen and oxygen atoms in total. The summed E-state index contributed by atoms with van der Waals surface area (Å²) in [5.74, 6) is 0.200. The van der Waals surface area contributed by atoms with Crippen LogP contribution in [0.15, 0.2) is 46.9 Å². The Bertz CT molecular complexity index is 1470. The Kier molecular flexibility index (Phi) is 8.58. The van der Waals surface area contributed by atoms with Gasteiger partial charge in [-0.1, -0.05) is 24.3 Å². The van der Waals surface area contributed by atoms with E-state index in [4.69, 9.17) is 18.9 Å². The van der Waals surface area contributed by atoms with Crippen molar-refractivity contribution in [3.05, 3.63) is 59.2 Å². The van der Waals surface area contributed by atoms with Crippen molar-refractivity contribution in [3.63, 3.8) is 0 Å². The molecular weight excluding hydrogens is 489 g/mol. The minimum atomic E-state index is -1.27. The van der Waals surface area contributed by atoms with E-state index in [2.05, 4.69) is 20.8 Å². The van der Waals surface area contributed by atoms with Gasteiger partial charge in [-0.3, -0.25) is 0 Å². The summed E-state index contributed by atoms with van der Waals surface area (Å²) < 4.78 is 18.5. The van der Waals surface area contributed by atoms with Gasteiger partial charge in [0.15, 0.2) is 5.76 Å². The smallest absolute Gasteiger partial charge is 0.545 e. The molecule has 0 unspecified atom stereocenters. The van der Waals surface area contributed by atoms with Crippen LogP contribution in [0.3, 0.4) is 0 Å². The summed E-state index contributed by atoms with van der Waals surface area (Å²) in [6, 6.07) is 13.1. The maximum absolute atomic E-state index is 12.3. The first-order chi connectivity index (χ1) is 17.6. The van der Waals surface area contributed by atoms with Gasteiger partial charge in [-0.15, -0.1) is 0 Å². The molecule has 0 N–H and O–H groups in total. The fourth-order valence-corrected chi connectivity index (χ4v) is 5.61. The normalized spacial score (nSPS) is 19.6. The van der Waals surface area contributed by atoms with Gasteiger partial charge in [0.25, 0.3) is 0 Å². The monoisotopic (exact) mass is 523 g/mol. The Morgan fingerprint density at radius 1 is 1.16 bits per heavy atom. The predicted molar refractivity (Wildman–Crippen MR) is 143 cm³/mol. The van der Waals surface area contributed by atoms with Crippen molar-refractivity contribution < 1.29 is 53.3 Å². The van der Waals surface area contributed by atoms with Gasteiger partial charge < -0.3 is 23.8 Å². The molecule has 2 heterocycles. The second kappa shape index (κ2) is 11.4. The minimum absolute atomic E-state index is 0. The fourth-order valence-electron chi connectivity index (χ4n) is 5.61. The van der Waals surface area contributed by atoms with E-state index in [0.717, 1.165) is 47.8 Å². The Morgan fingerprint density at radius 3 is 2.53 bits per heavy atom. The number of carboxylic acids is 1.